The first kappa shape index (κ1) is 18.4. The number of carbonyl (C=O) groups excluding carboxylic acids is 1. The molecule has 5 heteroatoms. The smallest absolute Gasteiger partial charge is 0.222 e. The molecule has 2 aromatic rings. The van der Waals surface area contributed by atoms with Crippen LogP contribution in [0, 0.1) is 5.92 Å². The van der Waals surface area contributed by atoms with Gasteiger partial charge in [-0.2, -0.15) is 0 Å². The van der Waals surface area contributed by atoms with E-state index in [0.717, 1.165) is 64.3 Å². The minimum Gasteiger partial charge on any atom is -0.381 e. The number of benzene rings is 1. The molecule has 2 aliphatic rings. The average Bonchev–Trinajstić information content (AvgIpc) is 2.74. The summed E-state index contributed by atoms with van der Waals surface area (Å²) in [7, 11) is 0. The Morgan fingerprint density at radius 1 is 1.15 bits per heavy atom. The molecule has 4 rings (SSSR count). The van der Waals surface area contributed by atoms with Crippen LogP contribution in [-0.2, 0) is 16.1 Å². The number of aromatic nitrogens is 1. The van der Waals surface area contributed by atoms with Gasteiger partial charge in [0, 0.05) is 63.9 Å². The molecule has 1 aromatic carbocycles. The number of ether oxygens (including phenoxy) is 1. The van der Waals surface area contributed by atoms with Crippen molar-refractivity contribution < 1.29 is 9.53 Å². The van der Waals surface area contributed by atoms with Crippen molar-refractivity contribution in [3.05, 3.63) is 42.1 Å². The van der Waals surface area contributed by atoms with Crippen LogP contribution in [0.15, 0.2) is 36.5 Å². The summed E-state index contributed by atoms with van der Waals surface area (Å²) in [5.41, 5.74) is 2.36. The van der Waals surface area contributed by atoms with Crippen LogP contribution in [0.1, 0.15) is 31.2 Å². The average molecular weight is 367 g/mol. The first-order chi connectivity index (χ1) is 13.3. The van der Waals surface area contributed by atoms with Gasteiger partial charge in [-0.1, -0.05) is 24.3 Å². The van der Waals surface area contributed by atoms with Crippen LogP contribution in [0.4, 0.5) is 0 Å². The second-order valence-corrected chi connectivity index (χ2v) is 7.77. The predicted molar refractivity (Wildman–Crippen MR) is 106 cm³/mol. The molecule has 5 nitrogen and oxygen atoms in total. The molecule has 1 unspecified atom stereocenters. The summed E-state index contributed by atoms with van der Waals surface area (Å²) in [4.78, 5) is 21.6. The van der Waals surface area contributed by atoms with Crippen LogP contribution in [0.3, 0.4) is 0 Å². The Kier molecular flexibility index (Phi) is 6.00. The van der Waals surface area contributed by atoms with Crippen LogP contribution in [-0.4, -0.2) is 60.1 Å². The Labute approximate surface area is 161 Å². The molecule has 0 spiro atoms. The molecule has 1 amide bonds. The molecule has 2 fully saturated rings. The number of rotatable bonds is 5. The molecule has 0 N–H and O–H groups in total. The SMILES string of the molecule is O=C(CCC1CCCOC1)N1CCN(Cc2cccc3cccnc23)CC1. The first-order valence-corrected chi connectivity index (χ1v) is 10.2. The summed E-state index contributed by atoms with van der Waals surface area (Å²) in [5, 5.41) is 1.19. The van der Waals surface area contributed by atoms with E-state index >= 15 is 0 Å². The van der Waals surface area contributed by atoms with E-state index in [1.807, 2.05) is 17.2 Å². The summed E-state index contributed by atoms with van der Waals surface area (Å²) in [6, 6.07) is 10.5. The van der Waals surface area contributed by atoms with E-state index in [1.54, 1.807) is 0 Å². The molecule has 1 aromatic heterocycles. The molecular formula is C22H29N3O2. The fraction of sp³-hybridized carbons (Fsp3) is 0.545. The minimum atomic E-state index is 0.312. The van der Waals surface area contributed by atoms with Gasteiger partial charge in [0.1, 0.15) is 0 Å². The standard InChI is InChI=1S/C22H29N3O2/c26-21(9-8-18-4-3-15-27-17-18)25-13-11-24(12-14-25)16-20-6-1-5-19-7-2-10-23-22(19)20/h1-2,5-7,10,18H,3-4,8-9,11-17H2. The van der Waals surface area contributed by atoms with Crippen molar-refractivity contribution in [1.82, 2.24) is 14.8 Å². The maximum absolute atomic E-state index is 12.5. The molecule has 3 heterocycles. The number of amides is 1. The van der Waals surface area contributed by atoms with E-state index in [9.17, 15) is 4.79 Å². The van der Waals surface area contributed by atoms with Crippen molar-refractivity contribution in [1.29, 1.82) is 0 Å². The van der Waals surface area contributed by atoms with Crippen molar-refractivity contribution in [3.8, 4) is 0 Å². The quantitative estimate of drug-likeness (QED) is 0.815. The summed E-state index contributed by atoms with van der Waals surface area (Å²) in [5.74, 6) is 0.884. The molecule has 0 saturated carbocycles. The molecule has 0 aliphatic carbocycles. The Morgan fingerprint density at radius 2 is 2.00 bits per heavy atom. The van der Waals surface area contributed by atoms with Gasteiger partial charge in [0.2, 0.25) is 5.91 Å². The van der Waals surface area contributed by atoms with Crippen molar-refractivity contribution in [2.75, 3.05) is 39.4 Å². The lowest BCUT2D eigenvalue weighted by Crippen LogP contribution is -2.48. The lowest BCUT2D eigenvalue weighted by molar-refractivity contribution is -0.133. The zero-order valence-electron chi connectivity index (χ0n) is 16.0. The normalized spacial score (nSPS) is 21.5. The van der Waals surface area contributed by atoms with Crippen LogP contribution >= 0.6 is 0 Å². The zero-order valence-corrected chi connectivity index (χ0v) is 16.0. The molecule has 27 heavy (non-hydrogen) atoms. The van der Waals surface area contributed by atoms with Crippen LogP contribution in [0.2, 0.25) is 0 Å². The molecular weight excluding hydrogens is 338 g/mol. The van der Waals surface area contributed by atoms with E-state index in [-0.39, 0.29) is 0 Å². The van der Waals surface area contributed by atoms with E-state index < -0.39 is 0 Å². The molecule has 2 aliphatic heterocycles. The van der Waals surface area contributed by atoms with Gasteiger partial charge in [0.15, 0.2) is 0 Å². The largest absolute Gasteiger partial charge is 0.381 e. The van der Waals surface area contributed by atoms with Crippen molar-refractivity contribution in [3.63, 3.8) is 0 Å². The fourth-order valence-electron chi connectivity index (χ4n) is 4.21. The number of hydrogen-bond acceptors (Lipinski definition) is 4. The highest BCUT2D eigenvalue weighted by Gasteiger charge is 2.23. The topological polar surface area (TPSA) is 45.7 Å². The second-order valence-electron chi connectivity index (χ2n) is 7.77. The molecule has 0 radical (unpaired) electrons. The third-order valence-corrected chi connectivity index (χ3v) is 5.86. The van der Waals surface area contributed by atoms with E-state index in [1.165, 1.54) is 17.4 Å². The third-order valence-electron chi connectivity index (χ3n) is 5.86. The summed E-state index contributed by atoms with van der Waals surface area (Å²) in [6.45, 7) is 6.15. The van der Waals surface area contributed by atoms with Gasteiger partial charge < -0.3 is 9.64 Å². The van der Waals surface area contributed by atoms with Gasteiger partial charge in [-0.3, -0.25) is 14.7 Å². The maximum Gasteiger partial charge on any atom is 0.222 e. The number of hydrogen-bond donors (Lipinski definition) is 0. The number of fused-ring (bicyclic) bond motifs is 1. The number of carbonyl (C=O) groups is 1. The van der Waals surface area contributed by atoms with Crippen molar-refractivity contribution >= 4 is 16.8 Å². The van der Waals surface area contributed by atoms with Crippen LogP contribution in [0.25, 0.3) is 10.9 Å². The number of pyridine rings is 1. The summed E-state index contributed by atoms with van der Waals surface area (Å²) < 4.78 is 5.52. The summed E-state index contributed by atoms with van der Waals surface area (Å²) >= 11 is 0. The highest BCUT2D eigenvalue weighted by molar-refractivity contribution is 5.81. The molecule has 0 bridgehead atoms. The maximum atomic E-state index is 12.5. The van der Waals surface area contributed by atoms with Gasteiger partial charge in [0.05, 0.1) is 5.52 Å². The van der Waals surface area contributed by atoms with Gasteiger partial charge in [-0.05, 0) is 36.8 Å². The van der Waals surface area contributed by atoms with E-state index in [0.29, 0.717) is 18.2 Å². The molecule has 144 valence electrons. The second kappa shape index (κ2) is 8.81. The van der Waals surface area contributed by atoms with Crippen LogP contribution < -0.4 is 0 Å². The van der Waals surface area contributed by atoms with Crippen molar-refractivity contribution in [2.24, 2.45) is 5.92 Å². The zero-order chi connectivity index (χ0) is 18.5. The number of para-hydroxylation sites is 1. The Hall–Kier alpha value is -1.98. The lowest BCUT2D eigenvalue weighted by Gasteiger charge is -2.35. The van der Waals surface area contributed by atoms with E-state index in [4.69, 9.17) is 4.74 Å². The number of piperazine rings is 1. The monoisotopic (exact) mass is 367 g/mol. The van der Waals surface area contributed by atoms with Gasteiger partial charge in [-0.15, -0.1) is 0 Å². The Morgan fingerprint density at radius 3 is 2.81 bits per heavy atom. The van der Waals surface area contributed by atoms with E-state index in [2.05, 4.69) is 34.1 Å². The fourth-order valence-corrected chi connectivity index (χ4v) is 4.21. The predicted octanol–water partition coefficient (Wildman–Crippen LogP) is 3.09. The highest BCUT2D eigenvalue weighted by Crippen LogP contribution is 2.21. The highest BCUT2D eigenvalue weighted by atomic mass is 16.5. The Bertz CT molecular complexity index is 760. The minimum absolute atomic E-state index is 0.312. The number of nitrogens with zero attached hydrogens (tertiary/aromatic N) is 3. The summed E-state index contributed by atoms with van der Waals surface area (Å²) in [6.07, 6.45) is 5.85. The van der Waals surface area contributed by atoms with Gasteiger partial charge in [0.25, 0.3) is 0 Å². The van der Waals surface area contributed by atoms with Gasteiger partial charge >= 0.3 is 0 Å². The molecule has 1 atom stereocenters. The lowest BCUT2D eigenvalue weighted by atomic mass is 9.96. The van der Waals surface area contributed by atoms with Gasteiger partial charge in [-0.25, -0.2) is 0 Å². The first-order valence-electron chi connectivity index (χ1n) is 10.2. The van der Waals surface area contributed by atoms with Crippen LogP contribution in [0.5, 0.6) is 0 Å². The van der Waals surface area contributed by atoms with Crippen molar-refractivity contribution in [2.45, 2.75) is 32.2 Å². The molecule has 2 saturated heterocycles. The Balaban J connectivity index is 1.26. The third kappa shape index (κ3) is 4.66.